The van der Waals surface area contributed by atoms with E-state index in [2.05, 4.69) is 16.8 Å². The molecule has 0 saturated carbocycles. The van der Waals surface area contributed by atoms with Gasteiger partial charge in [0.15, 0.2) is 0 Å². The normalized spacial score (nSPS) is 15.7. The van der Waals surface area contributed by atoms with Crippen molar-refractivity contribution in [3.05, 3.63) is 51.9 Å². The van der Waals surface area contributed by atoms with Crippen LogP contribution in [0.2, 0.25) is 5.02 Å². The molecule has 0 unspecified atom stereocenters. The third-order valence-electron chi connectivity index (χ3n) is 5.21. The number of hydrogen-bond donors (Lipinski definition) is 0. The number of benzene rings is 1. The van der Waals surface area contributed by atoms with E-state index in [1.807, 2.05) is 38.1 Å². The van der Waals surface area contributed by atoms with E-state index in [4.69, 9.17) is 16.6 Å². The lowest BCUT2D eigenvalue weighted by molar-refractivity contribution is 0.383. The zero-order chi connectivity index (χ0) is 21.0. The number of rotatable bonds is 7. The molecule has 0 spiro atoms. The number of halogens is 1. The highest BCUT2D eigenvalue weighted by atomic mass is 35.5. The predicted octanol–water partition coefficient (Wildman–Crippen LogP) is 3.45. The van der Waals surface area contributed by atoms with Gasteiger partial charge in [0.2, 0.25) is 10.0 Å². The van der Waals surface area contributed by atoms with E-state index in [1.54, 1.807) is 4.31 Å². The van der Waals surface area contributed by atoms with Crippen LogP contribution in [0.3, 0.4) is 0 Å². The van der Waals surface area contributed by atoms with Crippen molar-refractivity contribution in [2.75, 3.05) is 36.8 Å². The molecular formula is C21H29ClN4O2S. The van der Waals surface area contributed by atoms with Crippen LogP contribution in [0.1, 0.15) is 42.9 Å². The fourth-order valence-corrected chi connectivity index (χ4v) is 5.36. The summed E-state index contributed by atoms with van der Waals surface area (Å²) in [5, 5.41) is 0.717. The minimum absolute atomic E-state index is 0.210. The van der Waals surface area contributed by atoms with Crippen molar-refractivity contribution in [1.29, 1.82) is 0 Å². The van der Waals surface area contributed by atoms with Crippen LogP contribution in [0.5, 0.6) is 0 Å². The van der Waals surface area contributed by atoms with Gasteiger partial charge in [0.05, 0.1) is 5.75 Å². The Morgan fingerprint density at radius 2 is 1.69 bits per heavy atom. The molecule has 0 bridgehead atoms. The quantitative estimate of drug-likeness (QED) is 0.665. The third-order valence-corrected chi connectivity index (χ3v) is 7.53. The van der Waals surface area contributed by atoms with Crippen molar-refractivity contribution in [3.63, 3.8) is 0 Å². The van der Waals surface area contributed by atoms with Crippen LogP contribution in [0, 0.1) is 6.92 Å². The van der Waals surface area contributed by atoms with Crippen LogP contribution in [-0.2, 0) is 22.9 Å². The molecule has 6 nitrogen and oxygen atoms in total. The monoisotopic (exact) mass is 436 g/mol. The van der Waals surface area contributed by atoms with Gasteiger partial charge in [-0.15, -0.1) is 0 Å². The Kier molecular flexibility index (Phi) is 7.14. The van der Waals surface area contributed by atoms with Crippen molar-refractivity contribution in [1.82, 2.24) is 14.3 Å². The van der Waals surface area contributed by atoms with Gasteiger partial charge in [-0.3, -0.25) is 0 Å². The van der Waals surface area contributed by atoms with E-state index in [1.165, 1.54) is 0 Å². The van der Waals surface area contributed by atoms with Crippen molar-refractivity contribution in [3.8, 4) is 0 Å². The maximum Gasteiger partial charge on any atom is 0.214 e. The first-order valence-electron chi connectivity index (χ1n) is 10.2. The highest BCUT2D eigenvalue weighted by Crippen LogP contribution is 2.27. The van der Waals surface area contributed by atoms with E-state index in [0.29, 0.717) is 37.6 Å². The SMILES string of the molecule is CCCS(=O)(=O)N1CCN(c2nc(C)nc(CC)c2Cc2ccc(Cl)cc2)CC1. The second kappa shape index (κ2) is 9.41. The van der Waals surface area contributed by atoms with E-state index < -0.39 is 10.0 Å². The minimum atomic E-state index is -3.16. The molecular weight excluding hydrogens is 408 g/mol. The lowest BCUT2D eigenvalue weighted by atomic mass is 10.0. The van der Waals surface area contributed by atoms with Crippen LogP contribution in [0.25, 0.3) is 0 Å². The summed E-state index contributed by atoms with van der Waals surface area (Å²) >= 11 is 6.03. The Labute approximate surface area is 179 Å². The van der Waals surface area contributed by atoms with Crippen molar-refractivity contribution < 1.29 is 8.42 Å². The number of aromatic nitrogens is 2. The molecule has 29 heavy (non-hydrogen) atoms. The maximum absolute atomic E-state index is 12.4. The van der Waals surface area contributed by atoms with Crippen LogP contribution in [-0.4, -0.2) is 54.6 Å². The molecule has 1 fully saturated rings. The average molecular weight is 437 g/mol. The summed E-state index contributed by atoms with van der Waals surface area (Å²) in [4.78, 5) is 11.6. The standard InChI is InChI=1S/C21H29ClN4O2S/c1-4-14-29(27,28)26-12-10-25(11-13-26)21-19(20(5-2)23-16(3)24-21)15-17-6-8-18(22)9-7-17/h6-9H,4-5,10-15H2,1-3H3. The topological polar surface area (TPSA) is 66.4 Å². The summed E-state index contributed by atoms with van der Waals surface area (Å²) in [6.45, 7) is 8.17. The summed E-state index contributed by atoms with van der Waals surface area (Å²) in [5.74, 6) is 1.89. The highest BCUT2D eigenvalue weighted by Gasteiger charge is 2.28. The van der Waals surface area contributed by atoms with Gasteiger partial charge in [0, 0.05) is 48.9 Å². The van der Waals surface area contributed by atoms with Crippen molar-refractivity contribution >= 4 is 27.4 Å². The van der Waals surface area contributed by atoms with E-state index >= 15 is 0 Å². The third kappa shape index (κ3) is 5.27. The first kappa shape index (κ1) is 22.0. The lowest BCUT2D eigenvalue weighted by Gasteiger charge is -2.36. The van der Waals surface area contributed by atoms with Crippen LogP contribution in [0.15, 0.2) is 24.3 Å². The molecule has 1 saturated heterocycles. The fraction of sp³-hybridized carbons (Fsp3) is 0.524. The zero-order valence-corrected chi connectivity index (χ0v) is 18.9. The van der Waals surface area contributed by atoms with E-state index in [-0.39, 0.29) is 5.75 Å². The van der Waals surface area contributed by atoms with Gasteiger partial charge in [0.1, 0.15) is 11.6 Å². The molecule has 158 valence electrons. The first-order valence-corrected chi connectivity index (χ1v) is 12.2. The number of hydrogen-bond acceptors (Lipinski definition) is 5. The zero-order valence-electron chi connectivity index (χ0n) is 17.4. The second-order valence-electron chi connectivity index (χ2n) is 7.38. The molecule has 1 aliphatic heterocycles. The molecule has 0 N–H and O–H groups in total. The largest absolute Gasteiger partial charge is 0.354 e. The van der Waals surface area contributed by atoms with Gasteiger partial charge in [-0.2, -0.15) is 4.31 Å². The Morgan fingerprint density at radius 3 is 2.28 bits per heavy atom. The molecule has 0 radical (unpaired) electrons. The summed E-state index contributed by atoms with van der Waals surface area (Å²) < 4.78 is 26.4. The van der Waals surface area contributed by atoms with E-state index in [9.17, 15) is 8.42 Å². The molecule has 1 aliphatic rings. The molecule has 0 aliphatic carbocycles. The molecule has 2 aromatic rings. The number of sulfonamides is 1. The number of piperazine rings is 1. The summed E-state index contributed by atoms with van der Waals surface area (Å²) in [7, 11) is -3.16. The maximum atomic E-state index is 12.4. The molecule has 0 amide bonds. The van der Waals surface area contributed by atoms with E-state index in [0.717, 1.165) is 41.3 Å². The van der Waals surface area contributed by atoms with Gasteiger partial charge in [-0.05, 0) is 37.5 Å². The molecule has 3 rings (SSSR count). The van der Waals surface area contributed by atoms with Gasteiger partial charge < -0.3 is 4.90 Å². The summed E-state index contributed by atoms with van der Waals surface area (Å²) in [6.07, 6.45) is 2.19. The molecule has 1 aromatic carbocycles. The first-order chi connectivity index (χ1) is 13.8. The Morgan fingerprint density at radius 1 is 1.03 bits per heavy atom. The highest BCUT2D eigenvalue weighted by molar-refractivity contribution is 7.89. The summed E-state index contributed by atoms with van der Waals surface area (Å²) in [6, 6.07) is 7.85. The van der Waals surface area contributed by atoms with Gasteiger partial charge in [-0.25, -0.2) is 18.4 Å². The molecule has 8 heteroatoms. The molecule has 0 atom stereocenters. The number of aryl methyl sites for hydroxylation is 2. The smallest absolute Gasteiger partial charge is 0.214 e. The van der Waals surface area contributed by atoms with Crippen molar-refractivity contribution in [2.24, 2.45) is 0 Å². The Hall–Kier alpha value is -1.70. The predicted molar refractivity (Wildman–Crippen MR) is 118 cm³/mol. The number of nitrogens with zero attached hydrogens (tertiary/aromatic N) is 4. The van der Waals surface area contributed by atoms with Crippen LogP contribution < -0.4 is 4.90 Å². The van der Waals surface area contributed by atoms with Crippen LogP contribution in [0.4, 0.5) is 5.82 Å². The molecule has 1 aromatic heterocycles. The fourth-order valence-electron chi connectivity index (χ4n) is 3.74. The Balaban J connectivity index is 1.87. The second-order valence-corrected chi connectivity index (χ2v) is 9.90. The number of anilines is 1. The average Bonchev–Trinajstić information content (AvgIpc) is 2.70. The van der Waals surface area contributed by atoms with Gasteiger partial charge in [-0.1, -0.05) is 37.6 Å². The molecule has 2 heterocycles. The van der Waals surface area contributed by atoms with Gasteiger partial charge in [0.25, 0.3) is 0 Å². The lowest BCUT2D eigenvalue weighted by Crippen LogP contribution is -2.49. The van der Waals surface area contributed by atoms with Gasteiger partial charge >= 0.3 is 0 Å². The minimum Gasteiger partial charge on any atom is -0.354 e. The van der Waals surface area contributed by atoms with Crippen molar-refractivity contribution in [2.45, 2.75) is 40.0 Å². The van der Waals surface area contributed by atoms with Crippen LogP contribution >= 0.6 is 11.6 Å². The Bertz CT molecular complexity index is 940. The summed E-state index contributed by atoms with van der Waals surface area (Å²) in [5.41, 5.74) is 3.32.